The summed E-state index contributed by atoms with van der Waals surface area (Å²) in [7, 11) is 1.66. The summed E-state index contributed by atoms with van der Waals surface area (Å²) in [6, 6.07) is 8.03. The lowest BCUT2D eigenvalue weighted by atomic mass is 10.0. The molecule has 0 aliphatic rings. The predicted molar refractivity (Wildman–Crippen MR) is 94.2 cm³/mol. The molecule has 0 aliphatic heterocycles. The van der Waals surface area contributed by atoms with Crippen LogP contribution >= 0.6 is 59.1 Å². The van der Waals surface area contributed by atoms with E-state index in [1.807, 2.05) is 18.2 Å². The molecule has 1 heterocycles. The third-order valence-corrected chi connectivity index (χ3v) is 6.10. The molecule has 1 atom stereocenters. The van der Waals surface area contributed by atoms with Crippen LogP contribution in [-0.2, 0) is 6.42 Å². The summed E-state index contributed by atoms with van der Waals surface area (Å²) >= 11 is 12.3. The first-order valence-electron chi connectivity index (χ1n) is 5.78. The fourth-order valence-corrected chi connectivity index (χ4v) is 5.29. The summed E-state index contributed by atoms with van der Waals surface area (Å²) in [4.78, 5) is 0. The molecule has 3 nitrogen and oxygen atoms in total. The maximum atomic E-state index is 5.72. The minimum Gasteiger partial charge on any atom is -0.497 e. The molecule has 0 radical (unpaired) electrons. The van der Waals surface area contributed by atoms with Crippen molar-refractivity contribution in [1.82, 2.24) is 5.43 Å². The van der Waals surface area contributed by atoms with E-state index < -0.39 is 0 Å². The van der Waals surface area contributed by atoms with Crippen LogP contribution in [0.3, 0.4) is 0 Å². The normalized spacial score (nSPS) is 12.4. The number of hydrazine groups is 1. The Morgan fingerprint density at radius 2 is 2.05 bits per heavy atom. The molecule has 1 unspecified atom stereocenters. The van der Waals surface area contributed by atoms with Gasteiger partial charge in [0.05, 0.1) is 20.7 Å². The van der Waals surface area contributed by atoms with Gasteiger partial charge in [0.2, 0.25) is 0 Å². The van der Waals surface area contributed by atoms with Gasteiger partial charge in [0, 0.05) is 4.47 Å². The van der Waals surface area contributed by atoms with E-state index in [2.05, 4.69) is 59.3 Å². The fourth-order valence-electron chi connectivity index (χ4n) is 1.90. The maximum Gasteiger partial charge on any atom is 0.119 e. The highest BCUT2D eigenvalue weighted by atomic mass is 79.9. The minimum absolute atomic E-state index is 0.0235. The van der Waals surface area contributed by atoms with Gasteiger partial charge in [-0.3, -0.25) is 11.3 Å². The third-order valence-electron chi connectivity index (χ3n) is 2.94. The number of methoxy groups -OCH3 is 1. The van der Waals surface area contributed by atoms with Gasteiger partial charge in [-0.25, -0.2) is 0 Å². The predicted octanol–water partition coefficient (Wildman–Crippen LogP) is 4.79. The van der Waals surface area contributed by atoms with Gasteiger partial charge in [0.25, 0.3) is 0 Å². The SMILES string of the molecule is COc1ccc(Br)c(CC(NN)c2cc(Br)sc2Br)c1. The van der Waals surface area contributed by atoms with Crippen molar-refractivity contribution in [3.05, 3.63) is 47.4 Å². The second-order valence-corrected chi connectivity index (χ2v) is 8.76. The molecule has 1 aromatic heterocycles. The first-order valence-corrected chi connectivity index (χ1v) is 8.98. The van der Waals surface area contributed by atoms with Crippen LogP contribution in [-0.4, -0.2) is 7.11 Å². The molecule has 2 rings (SSSR count). The Bertz CT molecular complexity index is 603. The molecule has 108 valence electrons. The van der Waals surface area contributed by atoms with E-state index in [4.69, 9.17) is 10.6 Å². The van der Waals surface area contributed by atoms with Crippen molar-refractivity contribution in [3.63, 3.8) is 0 Å². The van der Waals surface area contributed by atoms with E-state index in [1.165, 1.54) is 0 Å². The number of nitrogens with two attached hydrogens (primary N) is 1. The average molecular weight is 485 g/mol. The minimum atomic E-state index is 0.0235. The van der Waals surface area contributed by atoms with Crippen LogP contribution in [0.4, 0.5) is 0 Å². The monoisotopic (exact) mass is 482 g/mol. The Labute approximate surface area is 147 Å². The standard InChI is InChI=1S/C13H13Br3N2OS/c1-19-8-2-3-10(14)7(4-8)5-11(18-17)9-6-12(15)20-13(9)16/h2-4,6,11,18H,5,17H2,1H3. The highest BCUT2D eigenvalue weighted by molar-refractivity contribution is 9.12. The van der Waals surface area contributed by atoms with Crippen molar-refractivity contribution in [2.75, 3.05) is 7.11 Å². The Morgan fingerprint density at radius 3 is 2.60 bits per heavy atom. The molecule has 3 N–H and O–H groups in total. The van der Waals surface area contributed by atoms with Crippen LogP contribution in [0.1, 0.15) is 17.2 Å². The molecule has 0 saturated heterocycles. The lowest BCUT2D eigenvalue weighted by Gasteiger charge is -2.17. The zero-order valence-corrected chi connectivity index (χ0v) is 16.2. The van der Waals surface area contributed by atoms with Crippen LogP contribution in [0.2, 0.25) is 0 Å². The van der Waals surface area contributed by atoms with Gasteiger partial charge in [-0.05, 0) is 73.7 Å². The number of ether oxygens (including phenoxy) is 1. The van der Waals surface area contributed by atoms with E-state index in [1.54, 1.807) is 18.4 Å². The number of thiophene rings is 1. The van der Waals surface area contributed by atoms with E-state index >= 15 is 0 Å². The van der Waals surface area contributed by atoms with Gasteiger partial charge in [0.1, 0.15) is 5.75 Å². The van der Waals surface area contributed by atoms with Crippen LogP contribution in [0.15, 0.2) is 36.3 Å². The molecule has 2 aromatic rings. The molecule has 0 spiro atoms. The van der Waals surface area contributed by atoms with Crippen LogP contribution < -0.4 is 16.0 Å². The van der Waals surface area contributed by atoms with E-state index in [-0.39, 0.29) is 6.04 Å². The van der Waals surface area contributed by atoms with Crippen LogP contribution in [0.5, 0.6) is 5.75 Å². The van der Waals surface area contributed by atoms with Gasteiger partial charge in [-0.1, -0.05) is 15.9 Å². The first kappa shape index (κ1) is 16.5. The van der Waals surface area contributed by atoms with Gasteiger partial charge >= 0.3 is 0 Å². The molecular formula is C13H13Br3N2OS. The molecule has 1 aromatic carbocycles. The van der Waals surface area contributed by atoms with E-state index in [0.29, 0.717) is 0 Å². The topological polar surface area (TPSA) is 47.3 Å². The van der Waals surface area contributed by atoms with Gasteiger partial charge in [-0.15, -0.1) is 11.3 Å². The number of rotatable bonds is 5. The Kier molecular flexibility index (Phi) is 6.07. The lowest BCUT2D eigenvalue weighted by Crippen LogP contribution is -2.29. The van der Waals surface area contributed by atoms with Crippen molar-refractivity contribution in [2.45, 2.75) is 12.5 Å². The Morgan fingerprint density at radius 1 is 1.30 bits per heavy atom. The van der Waals surface area contributed by atoms with Crippen molar-refractivity contribution >= 4 is 59.1 Å². The largest absolute Gasteiger partial charge is 0.497 e. The first-order chi connectivity index (χ1) is 9.55. The van der Waals surface area contributed by atoms with Crippen LogP contribution in [0.25, 0.3) is 0 Å². The average Bonchev–Trinajstić information content (AvgIpc) is 2.76. The Hall–Kier alpha value is 0.0800. The quantitative estimate of drug-likeness (QED) is 0.474. The van der Waals surface area contributed by atoms with Gasteiger partial charge in [-0.2, -0.15) is 0 Å². The highest BCUT2D eigenvalue weighted by Gasteiger charge is 2.18. The summed E-state index contributed by atoms with van der Waals surface area (Å²) in [5.74, 6) is 6.56. The van der Waals surface area contributed by atoms with Gasteiger partial charge < -0.3 is 4.74 Å². The molecule has 0 amide bonds. The summed E-state index contributed by atoms with van der Waals surface area (Å²) in [5.41, 5.74) is 5.16. The summed E-state index contributed by atoms with van der Waals surface area (Å²) in [6.45, 7) is 0. The van der Waals surface area contributed by atoms with Crippen molar-refractivity contribution in [3.8, 4) is 5.75 Å². The van der Waals surface area contributed by atoms with Crippen molar-refractivity contribution in [1.29, 1.82) is 0 Å². The zero-order valence-electron chi connectivity index (χ0n) is 10.6. The Balaban J connectivity index is 2.28. The number of hydrogen-bond acceptors (Lipinski definition) is 4. The van der Waals surface area contributed by atoms with Crippen molar-refractivity contribution < 1.29 is 4.74 Å². The maximum absolute atomic E-state index is 5.72. The zero-order chi connectivity index (χ0) is 14.7. The second kappa shape index (κ2) is 7.38. The van der Waals surface area contributed by atoms with Crippen molar-refractivity contribution in [2.24, 2.45) is 5.84 Å². The molecule has 0 saturated carbocycles. The van der Waals surface area contributed by atoms with E-state index in [0.717, 1.165) is 35.3 Å². The van der Waals surface area contributed by atoms with E-state index in [9.17, 15) is 0 Å². The molecule has 0 fully saturated rings. The number of halogens is 3. The second-order valence-electron chi connectivity index (χ2n) is 4.16. The van der Waals surface area contributed by atoms with Gasteiger partial charge in [0.15, 0.2) is 0 Å². The lowest BCUT2D eigenvalue weighted by molar-refractivity contribution is 0.413. The number of benzene rings is 1. The van der Waals surface area contributed by atoms with Crippen LogP contribution in [0, 0.1) is 0 Å². The molecule has 0 bridgehead atoms. The molecular weight excluding hydrogens is 472 g/mol. The third kappa shape index (κ3) is 3.84. The summed E-state index contributed by atoms with van der Waals surface area (Å²) in [5, 5.41) is 0. The smallest absolute Gasteiger partial charge is 0.119 e. The number of nitrogens with one attached hydrogen (secondary N) is 1. The highest BCUT2D eigenvalue weighted by Crippen LogP contribution is 2.37. The summed E-state index contributed by atoms with van der Waals surface area (Å²) < 4.78 is 8.47. The molecule has 7 heteroatoms. The molecule has 0 aliphatic carbocycles. The number of hydrogen-bond donors (Lipinski definition) is 2. The fraction of sp³-hybridized carbons (Fsp3) is 0.231. The summed E-state index contributed by atoms with van der Waals surface area (Å²) in [6.07, 6.45) is 0.760. The molecule has 20 heavy (non-hydrogen) atoms.